The van der Waals surface area contributed by atoms with Crippen LogP contribution in [-0.4, -0.2) is 53.6 Å². The first-order valence-corrected chi connectivity index (χ1v) is 6.22. The summed E-state index contributed by atoms with van der Waals surface area (Å²) in [6.07, 6.45) is 0. The smallest absolute Gasteiger partial charge is 0.344 e. The van der Waals surface area contributed by atoms with Gasteiger partial charge >= 0.3 is 5.97 Å². The minimum atomic E-state index is -1.11. The highest BCUT2D eigenvalue weighted by Crippen LogP contribution is 2.34. The zero-order valence-electron chi connectivity index (χ0n) is 10.9. The van der Waals surface area contributed by atoms with Crippen LogP contribution in [0.5, 0.6) is 0 Å². The van der Waals surface area contributed by atoms with Gasteiger partial charge in [-0.1, -0.05) is 39.1 Å². The molecule has 2 aromatic heterocycles. The predicted molar refractivity (Wildman–Crippen MR) is 71.0 cm³/mol. The quantitative estimate of drug-likeness (QED) is 0.512. The molecule has 0 saturated carbocycles. The fourth-order valence-corrected chi connectivity index (χ4v) is 2.22. The number of aliphatic carboxylic acids is 1. The molecule has 2 heterocycles. The summed E-state index contributed by atoms with van der Waals surface area (Å²) in [5, 5.41) is 27.7. The van der Waals surface area contributed by atoms with Crippen LogP contribution in [0.3, 0.4) is 0 Å². The van der Waals surface area contributed by atoms with Crippen LogP contribution in [0.25, 0.3) is 17.0 Å². The molecule has 0 unspecified atom stereocenters. The number of rotatable bonds is 3. The van der Waals surface area contributed by atoms with Crippen LogP contribution in [0.15, 0.2) is 29.4 Å². The fraction of sp³-hybridized carbons (Fsp3) is 0.0833. The maximum Gasteiger partial charge on any atom is 0.344 e. The average Bonchev–Trinajstić information content (AvgIpc) is 3.08. The molecule has 4 rings (SSSR count). The van der Waals surface area contributed by atoms with Crippen molar-refractivity contribution in [1.82, 2.24) is 30.2 Å². The number of carboxylic acid groups (broad SMARTS) is 1. The van der Waals surface area contributed by atoms with Gasteiger partial charge in [-0.05, 0) is 10.4 Å². The number of nitrogens with zero attached hydrogens (tertiary/aromatic N) is 7. The third-order valence-electron chi connectivity index (χ3n) is 3.07. The van der Waals surface area contributed by atoms with E-state index in [1.165, 1.54) is 4.63 Å². The summed E-state index contributed by atoms with van der Waals surface area (Å²) in [5.74, 6) is -0.848. The van der Waals surface area contributed by atoms with E-state index in [1.54, 1.807) is 0 Å². The van der Waals surface area contributed by atoms with Gasteiger partial charge in [0.05, 0.1) is 0 Å². The molecule has 108 valence electrons. The van der Waals surface area contributed by atoms with Crippen molar-refractivity contribution in [3.63, 3.8) is 0 Å². The summed E-state index contributed by atoms with van der Waals surface area (Å²) in [6.45, 7) is -0.540. The van der Waals surface area contributed by atoms with Crippen molar-refractivity contribution in [2.45, 2.75) is 0 Å². The molecule has 1 N–H and O–H groups in total. The van der Waals surface area contributed by atoms with E-state index in [-0.39, 0.29) is 5.78 Å². The summed E-state index contributed by atoms with van der Waals surface area (Å²) in [6, 6.07) is 7.39. The van der Waals surface area contributed by atoms with Gasteiger partial charge in [0, 0.05) is 11.1 Å². The number of carboxylic acids is 1. The summed E-state index contributed by atoms with van der Waals surface area (Å²) in [5.41, 5.74) is 2.98. The Hall–Kier alpha value is -3.43. The highest BCUT2D eigenvalue weighted by atomic mass is 16.6. The topological polar surface area (TPSA) is 128 Å². The Morgan fingerprint density at radius 3 is 2.91 bits per heavy atom. The molecule has 1 aliphatic carbocycles. The van der Waals surface area contributed by atoms with E-state index in [9.17, 15) is 4.79 Å². The number of oxime groups is 1. The Morgan fingerprint density at radius 2 is 2.09 bits per heavy atom. The van der Waals surface area contributed by atoms with Gasteiger partial charge in [0.2, 0.25) is 6.61 Å². The molecule has 1 aliphatic rings. The van der Waals surface area contributed by atoms with E-state index >= 15 is 0 Å². The molecular formula is C12H7N7O3. The number of aromatic nitrogens is 6. The lowest BCUT2D eigenvalue weighted by Crippen LogP contribution is -2.10. The normalized spacial score (nSPS) is 14.1. The fourth-order valence-electron chi connectivity index (χ4n) is 2.22. The molecule has 0 fully saturated rings. The van der Waals surface area contributed by atoms with E-state index < -0.39 is 12.6 Å². The second kappa shape index (κ2) is 4.55. The minimum Gasteiger partial charge on any atom is -0.479 e. The summed E-state index contributed by atoms with van der Waals surface area (Å²) in [7, 11) is 0. The van der Waals surface area contributed by atoms with Crippen LogP contribution in [0.4, 0.5) is 0 Å². The largest absolute Gasteiger partial charge is 0.479 e. The Kier molecular flexibility index (Phi) is 2.55. The molecule has 10 heteroatoms. The summed E-state index contributed by atoms with van der Waals surface area (Å²) < 4.78 is 1.18. The molecule has 10 nitrogen and oxygen atoms in total. The van der Waals surface area contributed by atoms with Crippen LogP contribution >= 0.6 is 0 Å². The van der Waals surface area contributed by atoms with Crippen LogP contribution in [0.2, 0.25) is 0 Å². The van der Waals surface area contributed by atoms with Crippen molar-refractivity contribution >= 4 is 17.5 Å². The predicted octanol–water partition coefficient (Wildman–Crippen LogP) is -0.252. The number of fused-ring (bicyclic) bond motifs is 4. The van der Waals surface area contributed by atoms with Gasteiger partial charge in [-0.2, -0.15) is 0 Å². The zero-order valence-corrected chi connectivity index (χ0v) is 10.9. The second-order valence-corrected chi connectivity index (χ2v) is 4.43. The van der Waals surface area contributed by atoms with E-state index in [0.717, 1.165) is 11.1 Å². The third kappa shape index (κ3) is 1.78. The van der Waals surface area contributed by atoms with Crippen molar-refractivity contribution in [3.8, 4) is 11.3 Å². The molecule has 22 heavy (non-hydrogen) atoms. The molecule has 0 amide bonds. The van der Waals surface area contributed by atoms with Crippen molar-refractivity contribution in [1.29, 1.82) is 0 Å². The first kappa shape index (κ1) is 12.3. The standard InChI is InChI=1S/C12H7N7O3/c20-8(21)5-22-16-10-7-4-2-1-3-6(7)9-11(10)15-19-12(13-9)14-17-18-19/h1-4H,5H2,(H,20,21). The van der Waals surface area contributed by atoms with Crippen LogP contribution in [-0.2, 0) is 9.63 Å². The maximum absolute atomic E-state index is 10.6. The number of carbonyl (C=O) groups is 1. The van der Waals surface area contributed by atoms with E-state index in [0.29, 0.717) is 17.1 Å². The van der Waals surface area contributed by atoms with Crippen LogP contribution < -0.4 is 0 Å². The molecule has 0 bridgehead atoms. The van der Waals surface area contributed by atoms with E-state index in [2.05, 4.69) is 30.8 Å². The zero-order chi connectivity index (χ0) is 15.1. The third-order valence-corrected chi connectivity index (χ3v) is 3.07. The Balaban J connectivity index is 1.90. The Labute approximate surface area is 122 Å². The average molecular weight is 297 g/mol. The number of tetrazole rings is 1. The van der Waals surface area contributed by atoms with Gasteiger partial charge in [0.25, 0.3) is 5.78 Å². The van der Waals surface area contributed by atoms with Crippen LogP contribution in [0.1, 0.15) is 11.3 Å². The van der Waals surface area contributed by atoms with E-state index in [4.69, 9.17) is 9.94 Å². The lowest BCUT2D eigenvalue weighted by Gasteiger charge is -2.00. The lowest BCUT2D eigenvalue weighted by molar-refractivity contribution is -0.142. The number of hydrogen-bond acceptors (Lipinski definition) is 8. The first-order chi connectivity index (χ1) is 10.7. The van der Waals surface area contributed by atoms with Gasteiger partial charge < -0.3 is 9.94 Å². The van der Waals surface area contributed by atoms with E-state index in [1.807, 2.05) is 24.3 Å². The molecule has 0 radical (unpaired) electrons. The number of hydrogen-bond donors (Lipinski definition) is 1. The second-order valence-electron chi connectivity index (χ2n) is 4.43. The van der Waals surface area contributed by atoms with Crippen molar-refractivity contribution in [2.24, 2.45) is 5.16 Å². The Morgan fingerprint density at radius 1 is 1.27 bits per heavy atom. The monoisotopic (exact) mass is 297 g/mol. The van der Waals surface area contributed by atoms with Crippen molar-refractivity contribution in [2.75, 3.05) is 6.61 Å². The minimum absolute atomic E-state index is 0.265. The van der Waals surface area contributed by atoms with Crippen LogP contribution in [0, 0.1) is 0 Å². The summed E-state index contributed by atoms with van der Waals surface area (Å²) >= 11 is 0. The van der Waals surface area contributed by atoms with Gasteiger partial charge in [-0.3, -0.25) is 0 Å². The molecule has 1 aromatic carbocycles. The highest BCUT2D eigenvalue weighted by molar-refractivity contribution is 6.22. The first-order valence-electron chi connectivity index (χ1n) is 6.22. The molecular weight excluding hydrogens is 290 g/mol. The SMILES string of the molecule is O=C(O)CON=C1c2ccccc2-c2nc3nnnn3nc21. The van der Waals surface area contributed by atoms with Gasteiger partial charge in [-0.25, -0.2) is 9.78 Å². The molecule has 0 saturated heterocycles. The molecule has 0 aliphatic heterocycles. The van der Waals surface area contributed by atoms with Gasteiger partial charge in [0.15, 0.2) is 0 Å². The van der Waals surface area contributed by atoms with Crippen molar-refractivity contribution in [3.05, 3.63) is 35.5 Å². The molecule has 3 aromatic rings. The molecule has 0 atom stereocenters. The Bertz CT molecular complexity index is 933. The maximum atomic E-state index is 10.6. The van der Waals surface area contributed by atoms with Crippen molar-refractivity contribution < 1.29 is 14.7 Å². The lowest BCUT2D eigenvalue weighted by atomic mass is 10.1. The number of benzene rings is 1. The molecule has 0 spiro atoms. The van der Waals surface area contributed by atoms with Gasteiger partial charge in [-0.15, -0.1) is 5.10 Å². The van der Waals surface area contributed by atoms with Gasteiger partial charge in [0.1, 0.15) is 17.1 Å². The summed E-state index contributed by atoms with van der Waals surface area (Å²) in [4.78, 5) is 19.8. The highest BCUT2D eigenvalue weighted by Gasteiger charge is 2.30.